The van der Waals surface area contributed by atoms with E-state index in [9.17, 15) is 19.2 Å². The molecule has 0 saturated carbocycles. The van der Waals surface area contributed by atoms with Crippen molar-refractivity contribution in [2.24, 2.45) is 4.99 Å². The minimum atomic E-state index is -0.728. The first-order chi connectivity index (χ1) is 16.7. The molecule has 3 amide bonds. The summed E-state index contributed by atoms with van der Waals surface area (Å²) in [6.45, 7) is 2.59. The number of aliphatic imine (C=N–C) groups is 1. The lowest BCUT2D eigenvalue weighted by Gasteiger charge is -2.16. The molecular weight excluding hydrogens is 513 g/mol. The average molecular weight is 534 g/mol. The molecule has 0 atom stereocenters. The van der Waals surface area contributed by atoms with E-state index < -0.39 is 17.8 Å². The van der Waals surface area contributed by atoms with Crippen LogP contribution in [0.3, 0.4) is 0 Å². The third-order valence-electron chi connectivity index (χ3n) is 4.82. The number of thioether (sulfide) groups is 1. The van der Waals surface area contributed by atoms with Crippen molar-refractivity contribution >= 4 is 69.5 Å². The van der Waals surface area contributed by atoms with Gasteiger partial charge in [-0.1, -0.05) is 36.5 Å². The molecule has 0 aromatic heterocycles. The number of hydrogen-bond acceptors (Lipinski definition) is 6. The molecule has 0 spiro atoms. The van der Waals surface area contributed by atoms with Crippen molar-refractivity contribution in [1.82, 2.24) is 5.32 Å². The van der Waals surface area contributed by atoms with Gasteiger partial charge in [0.2, 0.25) is 0 Å². The maximum absolute atomic E-state index is 13.1. The topological polar surface area (TPSA) is 105 Å². The van der Waals surface area contributed by atoms with E-state index in [1.807, 2.05) is 6.92 Å². The summed E-state index contributed by atoms with van der Waals surface area (Å²) in [5.41, 5.74) is 0.868. The predicted molar refractivity (Wildman–Crippen MR) is 137 cm³/mol. The molecule has 0 radical (unpaired) electrons. The highest BCUT2D eigenvalue weighted by Gasteiger charge is 2.36. The molecule has 35 heavy (non-hydrogen) atoms. The minimum absolute atomic E-state index is 0.0151. The summed E-state index contributed by atoms with van der Waals surface area (Å²) in [6.07, 6.45) is 2.85. The Hall–Kier alpha value is -3.14. The number of amides is 3. The zero-order valence-corrected chi connectivity index (χ0v) is 21.2. The Labute approximate surface area is 216 Å². The number of hydrogen-bond donors (Lipinski definition) is 1. The van der Waals surface area contributed by atoms with Crippen molar-refractivity contribution in [2.45, 2.75) is 19.8 Å². The van der Waals surface area contributed by atoms with Gasteiger partial charge in [-0.3, -0.25) is 19.3 Å². The summed E-state index contributed by atoms with van der Waals surface area (Å²) < 4.78 is 4.62. The standard InChI is InChI=1S/C24H21Cl2N3O5S/c1-3-4-11-27-21(31)14-5-8-16(9-6-14)29-23(33)19(13-20(30)34-2)35-24(29)28-22(32)17-10-7-15(25)12-18(17)26/h5-10,12-13H,3-4,11H2,1-2H3,(H,27,31). The summed E-state index contributed by atoms with van der Waals surface area (Å²) in [7, 11) is 1.19. The summed E-state index contributed by atoms with van der Waals surface area (Å²) in [5, 5.41) is 3.30. The number of nitrogens with one attached hydrogen (secondary N) is 1. The number of esters is 1. The number of methoxy groups -OCH3 is 1. The molecule has 1 N–H and O–H groups in total. The van der Waals surface area contributed by atoms with Gasteiger partial charge in [0.05, 0.1) is 28.3 Å². The lowest BCUT2D eigenvalue weighted by molar-refractivity contribution is -0.135. The van der Waals surface area contributed by atoms with Crippen molar-refractivity contribution in [1.29, 1.82) is 0 Å². The van der Waals surface area contributed by atoms with E-state index in [1.54, 1.807) is 24.3 Å². The highest BCUT2D eigenvalue weighted by Crippen LogP contribution is 2.35. The number of rotatable bonds is 7. The van der Waals surface area contributed by atoms with Crippen LogP contribution >= 0.6 is 35.0 Å². The van der Waals surface area contributed by atoms with E-state index in [-0.39, 0.29) is 26.6 Å². The van der Waals surface area contributed by atoms with Gasteiger partial charge in [0.1, 0.15) is 0 Å². The molecule has 182 valence electrons. The minimum Gasteiger partial charge on any atom is -0.466 e. The second kappa shape index (κ2) is 12.0. The van der Waals surface area contributed by atoms with Gasteiger partial charge >= 0.3 is 5.97 Å². The maximum atomic E-state index is 13.1. The van der Waals surface area contributed by atoms with Gasteiger partial charge in [-0.25, -0.2) is 4.79 Å². The fourth-order valence-electron chi connectivity index (χ4n) is 3.00. The second-order valence-corrected chi connectivity index (χ2v) is 9.11. The molecule has 8 nitrogen and oxygen atoms in total. The molecule has 0 bridgehead atoms. The van der Waals surface area contributed by atoms with Crippen LogP contribution in [0.25, 0.3) is 0 Å². The molecule has 11 heteroatoms. The molecule has 0 aliphatic carbocycles. The highest BCUT2D eigenvalue weighted by molar-refractivity contribution is 8.19. The Bertz CT molecular complexity index is 1230. The molecule has 1 heterocycles. The fraction of sp³-hybridized carbons (Fsp3) is 0.208. The van der Waals surface area contributed by atoms with Gasteiger partial charge in [-0.2, -0.15) is 4.99 Å². The van der Waals surface area contributed by atoms with Crippen molar-refractivity contribution in [3.8, 4) is 0 Å². The molecule has 2 aromatic carbocycles. The molecule has 1 aliphatic rings. The van der Waals surface area contributed by atoms with E-state index >= 15 is 0 Å². The van der Waals surface area contributed by atoms with E-state index in [1.165, 1.54) is 30.2 Å². The Morgan fingerprint density at radius 1 is 1.14 bits per heavy atom. The van der Waals surface area contributed by atoms with Crippen LogP contribution in [0.2, 0.25) is 10.0 Å². The molecule has 0 unspecified atom stereocenters. The first-order valence-corrected chi connectivity index (χ1v) is 12.1. The van der Waals surface area contributed by atoms with Gasteiger partial charge in [0, 0.05) is 23.2 Å². The van der Waals surface area contributed by atoms with Crippen molar-refractivity contribution < 1.29 is 23.9 Å². The van der Waals surface area contributed by atoms with Gasteiger partial charge in [0.15, 0.2) is 5.17 Å². The molecular formula is C24H21Cl2N3O5S. The highest BCUT2D eigenvalue weighted by atomic mass is 35.5. The number of nitrogens with zero attached hydrogens (tertiary/aromatic N) is 2. The monoisotopic (exact) mass is 533 g/mol. The SMILES string of the molecule is CCCCNC(=O)c1ccc(N2C(=O)C(=CC(=O)OC)SC2=NC(=O)c2ccc(Cl)cc2Cl)cc1. The largest absolute Gasteiger partial charge is 0.466 e. The number of benzene rings is 2. The lowest BCUT2D eigenvalue weighted by atomic mass is 10.1. The molecule has 2 aromatic rings. The van der Waals surface area contributed by atoms with E-state index in [4.69, 9.17) is 23.2 Å². The first-order valence-electron chi connectivity index (χ1n) is 10.5. The quantitative estimate of drug-likeness (QED) is 0.309. The van der Waals surface area contributed by atoms with Crippen LogP contribution in [-0.4, -0.2) is 42.5 Å². The van der Waals surface area contributed by atoms with Crippen LogP contribution in [0.5, 0.6) is 0 Å². The number of carbonyl (C=O) groups excluding carboxylic acids is 4. The van der Waals surface area contributed by atoms with E-state index in [0.29, 0.717) is 22.8 Å². The number of amidine groups is 1. The number of anilines is 1. The van der Waals surface area contributed by atoms with Crippen molar-refractivity contribution in [3.63, 3.8) is 0 Å². The van der Waals surface area contributed by atoms with Gasteiger partial charge in [-0.05, 0) is 60.6 Å². The zero-order chi connectivity index (χ0) is 25.5. The number of unbranched alkanes of at least 4 members (excludes halogenated alkanes) is 1. The molecule has 3 rings (SSSR count). The van der Waals surface area contributed by atoms with Crippen LogP contribution in [0.1, 0.15) is 40.5 Å². The molecule has 1 fully saturated rings. The summed E-state index contributed by atoms with van der Waals surface area (Å²) in [4.78, 5) is 55.3. The lowest BCUT2D eigenvalue weighted by Crippen LogP contribution is -2.30. The van der Waals surface area contributed by atoms with E-state index in [0.717, 1.165) is 30.7 Å². The van der Waals surface area contributed by atoms with Gasteiger partial charge < -0.3 is 10.1 Å². The third-order valence-corrected chi connectivity index (χ3v) is 6.34. The van der Waals surface area contributed by atoms with Crippen molar-refractivity contribution in [3.05, 3.63) is 74.6 Å². The zero-order valence-electron chi connectivity index (χ0n) is 18.8. The Kier molecular flexibility index (Phi) is 9.08. The Morgan fingerprint density at radius 2 is 1.86 bits per heavy atom. The van der Waals surface area contributed by atoms with Crippen molar-refractivity contribution in [2.75, 3.05) is 18.6 Å². The van der Waals surface area contributed by atoms with Crippen LogP contribution in [0.15, 0.2) is 58.4 Å². The maximum Gasteiger partial charge on any atom is 0.331 e. The molecule has 1 aliphatic heterocycles. The first kappa shape index (κ1) is 26.5. The average Bonchev–Trinajstić information content (AvgIpc) is 3.13. The number of halogens is 2. The number of carbonyl (C=O) groups is 4. The second-order valence-electron chi connectivity index (χ2n) is 7.25. The third kappa shape index (κ3) is 6.50. The predicted octanol–water partition coefficient (Wildman–Crippen LogP) is 4.86. The van der Waals surface area contributed by atoms with E-state index in [2.05, 4.69) is 15.0 Å². The Balaban J connectivity index is 1.95. The normalized spacial score (nSPS) is 15.5. The fourth-order valence-corrected chi connectivity index (χ4v) is 4.42. The van der Waals surface area contributed by atoms with Gasteiger partial charge in [0.25, 0.3) is 17.7 Å². The van der Waals surface area contributed by atoms with Crippen LogP contribution in [0.4, 0.5) is 5.69 Å². The smallest absolute Gasteiger partial charge is 0.331 e. The summed E-state index contributed by atoms with van der Waals surface area (Å²) in [5.74, 6) is -2.24. The number of ether oxygens (including phenoxy) is 1. The van der Waals surface area contributed by atoms with Crippen LogP contribution < -0.4 is 10.2 Å². The summed E-state index contributed by atoms with van der Waals surface area (Å²) in [6, 6.07) is 10.6. The summed E-state index contributed by atoms with van der Waals surface area (Å²) >= 11 is 12.9. The van der Waals surface area contributed by atoms with Crippen LogP contribution in [-0.2, 0) is 14.3 Å². The molecule has 1 saturated heterocycles. The van der Waals surface area contributed by atoms with Gasteiger partial charge in [-0.15, -0.1) is 0 Å². The van der Waals surface area contributed by atoms with Crippen LogP contribution in [0, 0.1) is 0 Å². The Morgan fingerprint density at radius 3 is 2.49 bits per heavy atom.